The van der Waals surface area contributed by atoms with Gasteiger partial charge in [0.15, 0.2) is 0 Å². The second-order valence-corrected chi connectivity index (χ2v) is 4.48. The molecule has 0 aromatic carbocycles. The molecule has 66 valence electrons. The highest BCUT2D eigenvalue weighted by Crippen LogP contribution is 2.26. The third-order valence-corrected chi connectivity index (χ3v) is 2.94. The molecule has 1 aliphatic heterocycles. The van der Waals surface area contributed by atoms with Gasteiger partial charge in [-0.25, -0.2) is 0 Å². The Bertz CT molecular complexity index is 114. The third kappa shape index (κ3) is 2.68. The number of thioether (sulfide) groups is 1. The Labute approximate surface area is 73.9 Å². The molecule has 0 N–H and O–H groups in total. The minimum absolute atomic E-state index is 0.534. The van der Waals surface area contributed by atoms with Gasteiger partial charge in [-0.05, 0) is 25.0 Å². The molecule has 11 heavy (non-hydrogen) atoms. The first-order valence-electron chi connectivity index (χ1n) is 4.38. The molecule has 1 aliphatic rings. The molecular weight excluding hydrogens is 156 g/mol. The summed E-state index contributed by atoms with van der Waals surface area (Å²) in [4.78, 5) is 0. The van der Waals surface area contributed by atoms with Crippen LogP contribution in [0.5, 0.6) is 0 Å². The first kappa shape index (κ1) is 9.40. The Morgan fingerprint density at radius 2 is 2.18 bits per heavy atom. The van der Waals surface area contributed by atoms with Gasteiger partial charge in [0, 0.05) is 5.75 Å². The van der Waals surface area contributed by atoms with E-state index in [0.29, 0.717) is 18.1 Å². The average Bonchev–Trinajstić information content (AvgIpc) is 2.37. The molecule has 0 radical (unpaired) electrons. The fraction of sp³-hybridized carbons (Fsp3) is 1.00. The molecule has 0 aromatic rings. The van der Waals surface area contributed by atoms with Crippen molar-refractivity contribution in [3.63, 3.8) is 0 Å². The summed E-state index contributed by atoms with van der Waals surface area (Å²) in [7, 11) is 0. The van der Waals surface area contributed by atoms with Crippen molar-refractivity contribution in [2.75, 3.05) is 12.0 Å². The SMILES string of the molecule is CSCC1CCC(C(C)C)O1. The highest BCUT2D eigenvalue weighted by atomic mass is 32.2. The lowest BCUT2D eigenvalue weighted by atomic mass is 10.0. The van der Waals surface area contributed by atoms with Gasteiger partial charge in [-0.2, -0.15) is 11.8 Å². The van der Waals surface area contributed by atoms with Crippen molar-refractivity contribution in [2.45, 2.75) is 38.9 Å². The van der Waals surface area contributed by atoms with Gasteiger partial charge in [0.1, 0.15) is 0 Å². The zero-order chi connectivity index (χ0) is 8.27. The number of hydrogen-bond donors (Lipinski definition) is 0. The first-order chi connectivity index (χ1) is 5.24. The normalized spacial score (nSPS) is 31.6. The smallest absolute Gasteiger partial charge is 0.0670 e. The van der Waals surface area contributed by atoms with E-state index in [-0.39, 0.29) is 0 Å². The minimum Gasteiger partial charge on any atom is -0.374 e. The van der Waals surface area contributed by atoms with Crippen molar-refractivity contribution in [1.82, 2.24) is 0 Å². The standard InChI is InChI=1S/C9H18OS/c1-7(2)9-5-4-8(10-9)6-11-3/h7-9H,4-6H2,1-3H3. The lowest BCUT2D eigenvalue weighted by molar-refractivity contribution is 0.0311. The van der Waals surface area contributed by atoms with E-state index in [9.17, 15) is 0 Å². The van der Waals surface area contributed by atoms with E-state index in [2.05, 4.69) is 20.1 Å². The maximum absolute atomic E-state index is 5.84. The maximum atomic E-state index is 5.84. The quantitative estimate of drug-likeness (QED) is 0.650. The van der Waals surface area contributed by atoms with Crippen molar-refractivity contribution in [3.8, 4) is 0 Å². The molecule has 2 heteroatoms. The fourth-order valence-electron chi connectivity index (χ4n) is 1.53. The topological polar surface area (TPSA) is 9.23 Å². The monoisotopic (exact) mass is 174 g/mol. The average molecular weight is 174 g/mol. The zero-order valence-corrected chi connectivity index (χ0v) is 8.49. The molecule has 2 unspecified atom stereocenters. The fourth-order valence-corrected chi connectivity index (χ4v) is 2.15. The lowest BCUT2D eigenvalue weighted by Gasteiger charge is -2.15. The van der Waals surface area contributed by atoms with Crippen LogP contribution in [-0.2, 0) is 4.74 Å². The molecule has 1 rings (SSSR count). The highest BCUT2D eigenvalue weighted by molar-refractivity contribution is 7.98. The van der Waals surface area contributed by atoms with Crippen LogP contribution < -0.4 is 0 Å². The van der Waals surface area contributed by atoms with Crippen LogP contribution in [0.25, 0.3) is 0 Å². The van der Waals surface area contributed by atoms with Crippen LogP contribution in [-0.4, -0.2) is 24.2 Å². The van der Waals surface area contributed by atoms with Gasteiger partial charge in [-0.15, -0.1) is 0 Å². The van der Waals surface area contributed by atoms with Crippen LogP contribution in [0.2, 0.25) is 0 Å². The summed E-state index contributed by atoms with van der Waals surface area (Å²) in [6.45, 7) is 4.48. The van der Waals surface area contributed by atoms with Crippen molar-refractivity contribution >= 4 is 11.8 Å². The molecule has 1 nitrogen and oxygen atoms in total. The van der Waals surface area contributed by atoms with Crippen LogP contribution in [0.15, 0.2) is 0 Å². The summed E-state index contributed by atoms with van der Waals surface area (Å²) < 4.78 is 5.84. The summed E-state index contributed by atoms with van der Waals surface area (Å²) in [5.74, 6) is 1.87. The van der Waals surface area contributed by atoms with E-state index < -0.39 is 0 Å². The van der Waals surface area contributed by atoms with Crippen LogP contribution in [0.3, 0.4) is 0 Å². The van der Waals surface area contributed by atoms with Crippen LogP contribution in [0.4, 0.5) is 0 Å². The van der Waals surface area contributed by atoms with Gasteiger partial charge in [0.25, 0.3) is 0 Å². The molecule has 1 saturated heterocycles. The Kier molecular flexibility index (Phi) is 3.73. The molecule has 1 heterocycles. The molecule has 0 aliphatic carbocycles. The number of ether oxygens (including phenoxy) is 1. The van der Waals surface area contributed by atoms with E-state index in [1.807, 2.05) is 11.8 Å². The molecule has 2 atom stereocenters. The van der Waals surface area contributed by atoms with Gasteiger partial charge >= 0.3 is 0 Å². The molecule has 0 spiro atoms. The van der Waals surface area contributed by atoms with Crippen LogP contribution >= 0.6 is 11.8 Å². The van der Waals surface area contributed by atoms with E-state index in [1.165, 1.54) is 18.6 Å². The second-order valence-electron chi connectivity index (χ2n) is 3.57. The van der Waals surface area contributed by atoms with Gasteiger partial charge in [-0.3, -0.25) is 0 Å². The van der Waals surface area contributed by atoms with E-state index in [0.717, 1.165) is 0 Å². The Balaban J connectivity index is 2.23. The van der Waals surface area contributed by atoms with Crippen LogP contribution in [0.1, 0.15) is 26.7 Å². The van der Waals surface area contributed by atoms with Crippen molar-refractivity contribution < 1.29 is 4.74 Å². The molecule has 0 aromatic heterocycles. The summed E-state index contributed by atoms with van der Waals surface area (Å²) in [6.07, 6.45) is 5.75. The largest absolute Gasteiger partial charge is 0.374 e. The summed E-state index contributed by atoms with van der Waals surface area (Å²) >= 11 is 1.89. The van der Waals surface area contributed by atoms with Crippen LogP contribution in [0, 0.1) is 5.92 Å². The van der Waals surface area contributed by atoms with Crippen molar-refractivity contribution in [2.24, 2.45) is 5.92 Å². The molecule has 0 saturated carbocycles. The zero-order valence-electron chi connectivity index (χ0n) is 7.67. The van der Waals surface area contributed by atoms with E-state index in [1.54, 1.807) is 0 Å². The predicted octanol–water partition coefficient (Wildman–Crippen LogP) is 2.55. The highest BCUT2D eigenvalue weighted by Gasteiger charge is 2.26. The van der Waals surface area contributed by atoms with Crippen molar-refractivity contribution in [1.29, 1.82) is 0 Å². The first-order valence-corrected chi connectivity index (χ1v) is 5.77. The number of rotatable bonds is 3. The molecule has 1 fully saturated rings. The van der Waals surface area contributed by atoms with Crippen molar-refractivity contribution in [3.05, 3.63) is 0 Å². The minimum atomic E-state index is 0.534. The Morgan fingerprint density at radius 1 is 1.45 bits per heavy atom. The van der Waals surface area contributed by atoms with E-state index in [4.69, 9.17) is 4.74 Å². The molecule has 0 bridgehead atoms. The predicted molar refractivity (Wildman–Crippen MR) is 51.1 cm³/mol. The third-order valence-electron chi connectivity index (χ3n) is 2.24. The number of hydrogen-bond acceptors (Lipinski definition) is 2. The second kappa shape index (κ2) is 4.36. The summed E-state index contributed by atoms with van der Waals surface area (Å²) in [5.41, 5.74) is 0. The molecule has 0 amide bonds. The summed E-state index contributed by atoms with van der Waals surface area (Å²) in [5, 5.41) is 0. The van der Waals surface area contributed by atoms with Gasteiger partial charge in [0.2, 0.25) is 0 Å². The van der Waals surface area contributed by atoms with Gasteiger partial charge < -0.3 is 4.74 Å². The Morgan fingerprint density at radius 3 is 2.64 bits per heavy atom. The maximum Gasteiger partial charge on any atom is 0.0670 e. The van der Waals surface area contributed by atoms with Gasteiger partial charge in [-0.1, -0.05) is 13.8 Å². The Hall–Kier alpha value is 0.310. The summed E-state index contributed by atoms with van der Waals surface area (Å²) in [6, 6.07) is 0. The van der Waals surface area contributed by atoms with E-state index >= 15 is 0 Å². The molecular formula is C9H18OS. The van der Waals surface area contributed by atoms with Gasteiger partial charge in [0.05, 0.1) is 12.2 Å². The lowest BCUT2D eigenvalue weighted by Crippen LogP contribution is -2.17.